The molecule has 0 saturated heterocycles. The molecule has 0 aliphatic heterocycles. The van der Waals surface area contributed by atoms with Crippen molar-refractivity contribution in [3.8, 4) is 79.0 Å². The fraction of sp³-hybridized carbons (Fsp3) is 0. The summed E-state index contributed by atoms with van der Waals surface area (Å²) in [4.78, 5) is 20.6. The van der Waals surface area contributed by atoms with Crippen LogP contribution in [-0.4, -0.2) is 19.9 Å². The van der Waals surface area contributed by atoms with Gasteiger partial charge in [-0.25, -0.2) is 19.9 Å². The predicted molar refractivity (Wildman–Crippen MR) is 250 cm³/mol. The summed E-state index contributed by atoms with van der Waals surface area (Å²) in [6.07, 6.45) is 0. The number of benzene rings is 9. The molecule has 62 heavy (non-hydrogen) atoms. The molecule has 12 rings (SSSR count). The van der Waals surface area contributed by atoms with Gasteiger partial charge in [-0.3, -0.25) is 0 Å². The van der Waals surface area contributed by atoms with E-state index in [-0.39, 0.29) is 0 Å². The van der Waals surface area contributed by atoms with Gasteiger partial charge in [-0.15, -0.1) is 0 Å². The maximum atomic E-state index is 6.87. The van der Waals surface area contributed by atoms with Crippen LogP contribution < -0.4 is 0 Å². The van der Waals surface area contributed by atoms with Crippen molar-refractivity contribution < 1.29 is 8.83 Å². The Morgan fingerprint density at radius 2 is 0.903 bits per heavy atom. The highest BCUT2D eigenvalue weighted by atomic mass is 16.3. The summed E-state index contributed by atoms with van der Waals surface area (Å²) in [5, 5.41) is 3.90. The number of oxazole rings is 1. The Morgan fingerprint density at radius 3 is 1.65 bits per heavy atom. The van der Waals surface area contributed by atoms with Crippen LogP contribution in [-0.2, 0) is 0 Å². The molecule has 12 aromatic rings. The smallest absolute Gasteiger partial charge is 0.227 e. The van der Waals surface area contributed by atoms with E-state index in [0.717, 1.165) is 99.4 Å². The van der Waals surface area contributed by atoms with Gasteiger partial charge in [-0.1, -0.05) is 164 Å². The summed E-state index contributed by atoms with van der Waals surface area (Å²) in [7, 11) is 0. The Hall–Kier alpha value is -8.48. The minimum atomic E-state index is 0.549. The topological polar surface area (TPSA) is 77.8 Å². The molecule has 6 nitrogen and oxygen atoms in total. The van der Waals surface area contributed by atoms with E-state index in [1.807, 2.05) is 97.1 Å². The van der Waals surface area contributed by atoms with Crippen LogP contribution in [0.25, 0.3) is 123 Å². The summed E-state index contributed by atoms with van der Waals surface area (Å²) in [5.74, 6) is 2.29. The number of rotatable bonds is 7. The van der Waals surface area contributed by atoms with Crippen LogP contribution in [0.5, 0.6) is 0 Å². The quantitative estimate of drug-likeness (QED) is 0.160. The highest BCUT2D eigenvalue weighted by Crippen LogP contribution is 2.45. The third kappa shape index (κ3) is 6.04. The summed E-state index contributed by atoms with van der Waals surface area (Å²) < 4.78 is 13.5. The van der Waals surface area contributed by atoms with Gasteiger partial charge < -0.3 is 8.83 Å². The second kappa shape index (κ2) is 14.7. The minimum absolute atomic E-state index is 0.549. The second-order valence-electron chi connectivity index (χ2n) is 15.3. The highest BCUT2D eigenvalue weighted by molar-refractivity contribution is 6.19. The van der Waals surface area contributed by atoms with Gasteiger partial charge in [0, 0.05) is 44.0 Å². The Kier molecular flexibility index (Phi) is 8.38. The fourth-order valence-electron chi connectivity index (χ4n) is 8.66. The first-order chi connectivity index (χ1) is 30.7. The normalized spacial score (nSPS) is 11.5. The first-order valence-corrected chi connectivity index (χ1v) is 20.6. The summed E-state index contributed by atoms with van der Waals surface area (Å²) in [6, 6.07) is 70.4. The zero-order valence-electron chi connectivity index (χ0n) is 33.2. The first-order valence-electron chi connectivity index (χ1n) is 20.6. The van der Waals surface area contributed by atoms with Crippen LogP contribution in [0, 0.1) is 0 Å². The molecule has 290 valence electrons. The monoisotopic (exact) mass is 794 g/mol. The maximum absolute atomic E-state index is 6.87. The molecule has 0 radical (unpaired) electrons. The van der Waals surface area contributed by atoms with Gasteiger partial charge in [-0.2, -0.15) is 0 Å². The van der Waals surface area contributed by atoms with Crippen LogP contribution in [0.3, 0.4) is 0 Å². The lowest BCUT2D eigenvalue weighted by atomic mass is 9.92. The second-order valence-corrected chi connectivity index (χ2v) is 15.3. The SMILES string of the molecule is c1ccc(-c2nc(-c3ccc(-c4ccccc4)c(-c4ccccc4)c3)nc(-c3ccc(-c4cccc5ccc6nc(-c7ccccc7)oc6c45)c4oc5ccccc5c34)n2)cc1. The molecule has 6 heteroatoms. The van der Waals surface area contributed by atoms with Gasteiger partial charge in [0.1, 0.15) is 16.7 Å². The summed E-state index contributed by atoms with van der Waals surface area (Å²) in [6.45, 7) is 0. The van der Waals surface area contributed by atoms with Crippen LogP contribution >= 0.6 is 0 Å². The molecule has 0 amide bonds. The number of hydrogen-bond acceptors (Lipinski definition) is 6. The van der Waals surface area contributed by atoms with Crippen molar-refractivity contribution in [3.63, 3.8) is 0 Å². The van der Waals surface area contributed by atoms with Gasteiger partial charge in [0.05, 0.1) is 0 Å². The van der Waals surface area contributed by atoms with Gasteiger partial charge in [0.2, 0.25) is 5.89 Å². The lowest BCUT2D eigenvalue weighted by molar-refractivity contribution is 0.623. The average molecular weight is 795 g/mol. The molecule has 0 N–H and O–H groups in total. The summed E-state index contributed by atoms with van der Waals surface area (Å²) in [5.41, 5.74) is 13.0. The molecule has 0 aliphatic rings. The van der Waals surface area contributed by atoms with E-state index in [1.54, 1.807) is 0 Å². The van der Waals surface area contributed by atoms with E-state index in [2.05, 4.69) is 109 Å². The molecule has 0 bridgehead atoms. The van der Waals surface area contributed by atoms with Gasteiger partial charge in [0.15, 0.2) is 23.1 Å². The van der Waals surface area contributed by atoms with E-state index in [4.69, 9.17) is 28.8 Å². The largest absolute Gasteiger partial charge is 0.455 e. The van der Waals surface area contributed by atoms with E-state index in [0.29, 0.717) is 23.4 Å². The van der Waals surface area contributed by atoms with Crippen LogP contribution in [0.1, 0.15) is 0 Å². The summed E-state index contributed by atoms with van der Waals surface area (Å²) >= 11 is 0. The zero-order valence-corrected chi connectivity index (χ0v) is 33.2. The molecular weight excluding hydrogens is 761 g/mol. The predicted octanol–water partition coefficient (Wildman–Crippen LogP) is 14.7. The molecule has 0 spiro atoms. The Balaban J connectivity index is 1.09. The van der Waals surface area contributed by atoms with E-state index in [1.165, 1.54) is 0 Å². The number of fused-ring (bicyclic) bond motifs is 6. The van der Waals surface area contributed by atoms with Crippen molar-refractivity contribution in [2.45, 2.75) is 0 Å². The average Bonchev–Trinajstić information content (AvgIpc) is 3.97. The third-order valence-corrected chi connectivity index (χ3v) is 11.6. The Bertz CT molecular complexity index is 3620. The highest BCUT2D eigenvalue weighted by Gasteiger charge is 2.23. The molecule has 0 atom stereocenters. The number of para-hydroxylation sites is 1. The van der Waals surface area contributed by atoms with Crippen molar-refractivity contribution in [1.82, 2.24) is 19.9 Å². The lowest BCUT2D eigenvalue weighted by Crippen LogP contribution is -2.01. The maximum Gasteiger partial charge on any atom is 0.227 e. The van der Waals surface area contributed by atoms with Crippen molar-refractivity contribution in [2.75, 3.05) is 0 Å². The van der Waals surface area contributed by atoms with E-state index < -0.39 is 0 Å². The molecule has 0 unspecified atom stereocenters. The minimum Gasteiger partial charge on any atom is -0.455 e. The number of furan rings is 1. The van der Waals surface area contributed by atoms with Gasteiger partial charge in [0.25, 0.3) is 0 Å². The molecule has 3 aromatic heterocycles. The lowest BCUT2D eigenvalue weighted by Gasteiger charge is -2.14. The van der Waals surface area contributed by atoms with Crippen molar-refractivity contribution in [1.29, 1.82) is 0 Å². The third-order valence-electron chi connectivity index (χ3n) is 11.6. The molecule has 0 fully saturated rings. The van der Waals surface area contributed by atoms with Gasteiger partial charge >= 0.3 is 0 Å². The molecule has 0 aliphatic carbocycles. The molecule has 0 saturated carbocycles. The Labute approximate surface area is 356 Å². The Morgan fingerprint density at radius 1 is 0.306 bits per heavy atom. The molecule has 3 heterocycles. The van der Waals surface area contributed by atoms with Crippen molar-refractivity contribution in [3.05, 3.63) is 206 Å². The van der Waals surface area contributed by atoms with E-state index >= 15 is 0 Å². The first kappa shape index (κ1) is 35.5. The standard InChI is InChI=1S/C56H34N4O2/c1-5-16-35(17-6-1)41-30-28-40(34-46(41)36-18-7-2-8-19-36)54-58-53(38-20-9-3-10-21-38)59-55(60-54)45-32-31-43(51-50(45)44-25-13-14-27-48(44)61-51)42-26-15-24-37-29-33-47-52(49(37)42)62-56(57-47)39-22-11-4-12-23-39/h1-34H. The number of hydrogen-bond donors (Lipinski definition) is 0. The van der Waals surface area contributed by atoms with Crippen molar-refractivity contribution in [2.24, 2.45) is 0 Å². The van der Waals surface area contributed by atoms with Crippen molar-refractivity contribution >= 4 is 43.8 Å². The van der Waals surface area contributed by atoms with Crippen LogP contribution in [0.15, 0.2) is 215 Å². The fourth-order valence-corrected chi connectivity index (χ4v) is 8.66. The zero-order chi connectivity index (χ0) is 41.0. The molecular formula is C56H34N4O2. The van der Waals surface area contributed by atoms with Crippen LogP contribution in [0.4, 0.5) is 0 Å². The van der Waals surface area contributed by atoms with E-state index in [9.17, 15) is 0 Å². The van der Waals surface area contributed by atoms with Crippen LogP contribution in [0.2, 0.25) is 0 Å². The number of aromatic nitrogens is 4. The van der Waals surface area contributed by atoms with Gasteiger partial charge in [-0.05, 0) is 75.7 Å². The molecule has 9 aromatic carbocycles. The number of nitrogens with zero attached hydrogens (tertiary/aromatic N) is 4.